The van der Waals surface area contributed by atoms with Crippen LogP contribution >= 0.6 is 0 Å². The number of nitrogens with zero attached hydrogens (tertiary/aromatic N) is 1. The summed E-state index contributed by atoms with van der Waals surface area (Å²) in [5, 5.41) is 2.92. The number of fused-ring (bicyclic) bond motifs is 1. The van der Waals surface area contributed by atoms with Crippen molar-refractivity contribution in [3.05, 3.63) is 36.2 Å². The number of nitrogens with one attached hydrogen (secondary N) is 1. The van der Waals surface area contributed by atoms with E-state index in [1.165, 1.54) is 0 Å². The number of rotatable bonds is 3. The summed E-state index contributed by atoms with van der Waals surface area (Å²) in [6.07, 6.45) is 6.98. The molecule has 1 heterocycles. The van der Waals surface area contributed by atoms with Crippen LogP contribution < -0.4 is 5.32 Å². The van der Waals surface area contributed by atoms with Gasteiger partial charge in [0.25, 0.3) is 0 Å². The first-order valence-corrected chi connectivity index (χ1v) is 6.54. The number of amides is 1. The standard InChI is InChI=1S/C15H16N2O2/c1-10-16-13-9-12(6-7-14(13)19-10)17-15(18)8-11-4-2-3-5-11/h2,4,6-7,9,11H,3,5,8H2,1H3,(H,17,18)/t11-/m0/s1. The molecule has 0 unspecified atom stereocenters. The molecule has 0 aliphatic heterocycles. The predicted molar refractivity (Wildman–Crippen MR) is 73.9 cm³/mol. The highest BCUT2D eigenvalue weighted by Gasteiger charge is 2.14. The van der Waals surface area contributed by atoms with Crippen LogP contribution in [0.25, 0.3) is 11.1 Å². The molecule has 4 heteroatoms. The van der Waals surface area contributed by atoms with E-state index in [9.17, 15) is 4.79 Å². The van der Waals surface area contributed by atoms with Gasteiger partial charge in [0.1, 0.15) is 5.52 Å². The zero-order valence-electron chi connectivity index (χ0n) is 10.8. The quantitative estimate of drug-likeness (QED) is 0.856. The monoisotopic (exact) mass is 256 g/mol. The zero-order valence-corrected chi connectivity index (χ0v) is 10.8. The minimum Gasteiger partial charge on any atom is -0.441 e. The van der Waals surface area contributed by atoms with Gasteiger partial charge in [0.05, 0.1) is 0 Å². The Morgan fingerprint density at radius 2 is 2.42 bits per heavy atom. The molecule has 0 bridgehead atoms. The molecule has 1 aromatic carbocycles. The van der Waals surface area contributed by atoms with Crippen molar-refractivity contribution in [2.24, 2.45) is 5.92 Å². The summed E-state index contributed by atoms with van der Waals surface area (Å²) in [7, 11) is 0. The first-order chi connectivity index (χ1) is 9.20. The van der Waals surface area contributed by atoms with E-state index >= 15 is 0 Å². The number of carbonyl (C=O) groups excluding carboxylic acids is 1. The molecule has 0 radical (unpaired) electrons. The molecule has 0 saturated carbocycles. The summed E-state index contributed by atoms with van der Waals surface area (Å²) < 4.78 is 5.40. The number of carbonyl (C=O) groups is 1. The van der Waals surface area contributed by atoms with E-state index in [2.05, 4.69) is 22.5 Å². The highest BCUT2D eigenvalue weighted by atomic mass is 16.3. The van der Waals surface area contributed by atoms with Crippen LogP contribution in [0.15, 0.2) is 34.8 Å². The van der Waals surface area contributed by atoms with E-state index in [-0.39, 0.29) is 5.91 Å². The molecule has 0 saturated heterocycles. The second kappa shape index (κ2) is 4.88. The Hall–Kier alpha value is -2.10. The van der Waals surface area contributed by atoms with Crippen molar-refractivity contribution < 1.29 is 9.21 Å². The van der Waals surface area contributed by atoms with E-state index in [0.717, 1.165) is 29.6 Å². The molecule has 3 rings (SSSR count). The maximum Gasteiger partial charge on any atom is 0.224 e. The van der Waals surface area contributed by atoms with Gasteiger partial charge in [-0.1, -0.05) is 12.2 Å². The summed E-state index contributed by atoms with van der Waals surface area (Å²) in [4.78, 5) is 16.2. The number of aryl methyl sites for hydroxylation is 1. The smallest absolute Gasteiger partial charge is 0.224 e. The number of hydrogen-bond donors (Lipinski definition) is 1. The van der Waals surface area contributed by atoms with Gasteiger partial charge in [-0.2, -0.15) is 0 Å². The SMILES string of the molecule is Cc1nc2cc(NC(=O)C[C@H]3C=CCC3)ccc2o1. The second-order valence-corrected chi connectivity index (χ2v) is 4.93. The van der Waals surface area contributed by atoms with Gasteiger partial charge >= 0.3 is 0 Å². The third-order valence-corrected chi connectivity index (χ3v) is 3.34. The summed E-state index contributed by atoms with van der Waals surface area (Å²) in [6.45, 7) is 1.81. The van der Waals surface area contributed by atoms with Crippen LogP contribution in [0.2, 0.25) is 0 Å². The number of allylic oxidation sites excluding steroid dienone is 2. The van der Waals surface area contributed by atoms with E-state index in [4.69, 9.17) is 4.42 Å². The van der Waals surface area contributed by atoms with Crippen molar-refractivity contribution in [2.75, 3.05) is 5.32 Å². The number of anilines is 1. The number of benzene rings is 1. The fourth-order valence-electron chi connectivity index (χ4n) is 2.44. The Kier molecular flexibility index (Phi) is 3.07. The van der Waals surface area contributed by atoms with Crippen LogP contribution in [-0.2, 0) is 4.79 Å². The third kappa shape index (κ3) is 2.67. The lowest BCUT2D eigenvalue weighted by molar-refractivity contribution is -0.116. The highest BCUT2D eigenvalue weighted by Crippen LogP contribution is 2.22. The minimum absolute atomic E-state index is 0.0520. The molecule has 0 fully saturated rings. The summed E-state index contributed by atoms with van der Waals surface area (Å²) in [5.74, 6) is 1.07. The summed E-state index contributed by atoms with van der Waals surface area (Å²) >= 11 is 0. The number of oxazole rings is 1. The second-order valence-electron chi connectivity index (χ2n) is 4.93. The van der Waals surface area contributed by atoms with E-state index < -0.39 is 0 Å². The van der Waals surface area contributed by atoms with Gasteiger partial charge in [0, 0.05) is 19.0 Å². The molecular weight excluding hydrogens is 240 g/mol. The molecule has 1 amide bonds. The van der Waals surface area contributed by atoms with E-state index in [1.807, 2.05) is 25.1 Å². The van der Waals surface area contributed by atoms with Crippen LogP contribution in [0.3, 0.4) is 0 Å². The molecule has 1 N–H and O–H groups in total. The Bertz CT molecular complexity index is 643. The van der Waals surface area contributed by atoms with Crippen molar-refractivity contribution in [2.45, 2.75) is 26.2 Å². The Morgan fingerprint density at radius 3 is 3.21 bits per heavy atom. The number of aromatic nitrogens is 1. The van der Waals surface area contributed by atoms with Crippen molar-refractivity contribution in [1.82, 2.24) is 4.98 Å². The van der Waals surface area contributed by atoms with Crippen LogP contribution in [-0.4, -0.2) is 10.9 Å². The van der Waals surface area contributed by atoms with Crippen molar-refractivity contribution in [3.8, 4) is 0 Å². The molecule has 1 aliphatic carbocycles. The van der Waals surface area contributed by atoms with Crippen LogP contribution in [0.5, 0.6) is 0 Å². The Balaban J connectivity index is 1.69. The minimum atomic E-state index is 0.0520. The lowest BCUT2D eigenvalue weighted by Gasteiger charge is -2.08. The van der Waals surface area contributed by atoms with Crippen LogP contribution in [0.4, 0.5) is 5.69 Å². The lowest BCUT2D eigenvalue weighted by Crippen LogP contribution is -2.14. The van der Waals surface area contributed by atoms with Gasteiger partial charge in [-0.05, 0) is 37.0 Å². The van der Waals surface area contributed by atoms with Crippen molar-refractivity contribution in [1.29, 1.82) is 0 Å². The fourth-order valence-corrected chi connectivity index (χ4v) is 2.44. The maximum atomic E-state index is 11.9. The predicted octanol–water partition coefficient (Wildman–Crippen LogP) is 3.43. The first kappa shape index (κ1) is 12.0. The number of hydrogen-bond acceptors (Lipinski definition) is 3. The average Bonchev–Trinajstić information content (AvgIpc) is 2.96. The van der Waals surface area contributed by atoms with Gasteiger partial charge in [0.15, 0.2) is 11.5 Å². The van der Waals surface area contributed by atoms with Gasteiger partial charge < -0.3 is 9.73 Å². The van der Waals surface area contributed by atoms with Gasteiger partial charge in [-0.3, -0.25) is 4.79 Å². The first-order valence-electron chi connectivity index (χ1n) is 6.54. The lowest BCUT2D eigenvalue weighted by atomic mass is 10.1. The zero-order chi connectivity index (χ0) is 13.2. The fraction of sp³-hybridized carbons (Fsp3) is 0.333. The summed E-state index contributed by atoms with van der Waals surface area (Å²) in [5.41, 5.74) is 2.29. The molecule has 1 atom stereocenters. The largest absolute Gasteiger partial charge is 0.441 e. The average molecular weight is 256 g/mol. The van der Waals surface area contributed by atoms with Crippen LogP contribution in [0, 0.1) is 12.8 Å². The summed E-state index contributed by atoms with van der Waals surface area (Å²) in [6, 6.07) is 5.52. The highest BCUT2D eigenvalue weighted by molar-refractivity contribution is 5.93. The van der Waals surface area contributed by atoms with E-state index in [0.29, 0.717) is 18.2 Å². The molecule has 0 spiro atoms. The Labute approximate surface area is 111 Å². The molecule has 1 aliphatic rings. The topological polar surface area (TPSA) is 55.1 Å². The maximum absolute atomic E-state index is 11.9. The molecular formula is C15H16N2O2. The normalized spacial score (nSPS) is 18.1. The molecule has 4 nitrogen and oxygen atoms in total. The van der Waals surface area contributed by atoms with Gasteiger partial charge in [0.2, 0.25) is 5.91 Å². The van der Waals surface area contributed by atoms with Crippen LogP contribution in [0.1, 0.15) is 25.2 Å². The van der Waals surface area contributed by atoms with Crippen molar-refractivity contribution in [3.63, 3.8) is 0 Å². The van der Waals surface area contributed by atoms with Gasteiger partial charge in [-0.25, -0.2) is 4.98 Å². The third-order valence-electron chi connectivity index (χ3n) is 3.34. The molecule has 98 valence electrons. The van der Waals surface area contributed by atoms with E-state index in [1.54, 1.807) is 0 Å². The van der Waals surface area contributed by atoms with Gasteiger partial charge in [-0.15, -0.1) is 0 Å². The molecule has 1 aromatic heterocycles. The van der Waals surface area contributed by atoms with Crippen molar-refractivity contribution >= 4 is 22.7 Å². The molecule has 2 aromatic rings. The molecule has 19 heavy (non-hydrogen) atoms. The Morgan fingerprint density at radius 1 is 1.53 bits per heavy atom.